The Balaban J connectivity index is 1.99. The highest BCUT2D eigenvalue weighted by atomic mass is 16.2. The second-order valence-electron chi connectivity index (χ2n) is 4.25. The van der Waals surface area contributed by atoms with Gasteiger partial charge < -0.3 is 10.3 Å². The average molecular weight is 220 g/mol. The zero-order chi connectivity index (χ0) is 11.4. The van der Waals surface area contributed by atoms with Gasteiger partial charge in [0.15, 0.2) is 0 Å². The number of hydrogen-bond donors (Lipinski definition) is 2. The van der Waals surface area contributed by atoms with Crippen LogP contribution in [0.3, 0.4) is 0 Å². The van der Waals surface area contributed by atoms with Crippen LogP contribution in [-0.2, 0) is 0 Å². The summed E-state index contributed by atoms with van der Waals surface area (Å²) in [6.07, 6.45) is 7.22. The number of hydrogen-bond acceptors (Lipinski definition) is 2. The van der Waals surface area contributed by atoms with Crippen molar-refractivity contribution in [1.29, 1.82) is 0 Å². The molecule has 2 N–H and O–H groups in total. The molecule has 16 heavy (non-hydrogen) atoms. The van der Waals surface area contributed by atoms with E-state index < -0.39 is 0 Å². The molecule has 1 saturated carbocycles. The zero-order valence-corrected chi connectivity index (χ0v) is 9.16. The van der Waals surface area contributed by atoms with Crippen molar-refractivity contribution in [2.75, 3.05) is 0 Å². The minimum atomic E-state index is -0.240. The highest BCUT2D eigenvalue weighted by molar-refractivity contribution is 5.94. The van der Waals surface area contributed by atoms with Gasteiger partial charge in [-0.3, -0.25) is 9.59 Å². The Hall–Kier alpha value is -1.58. The molecule has 1 aromatic rings. The van der Waals surface area contributed by atoms with Crippen LogP contribution >= 0.6 is 0 Å². The molecule has 0 saturated heterocycles. The van der Waals surface area contributed by atoms with E-state index in [1.165, 1.54) is 31.5 Å². The number of pyridine rings is 1. The number of aromatic amines is 1. The van der Waals surface area contributed by atoms with E-state index >= 15 is 0 Å². The van der Waals surface area contributed by atoms with E-state index in [9.17, 15) is 9.59 Å². The molecule has 1 aliphatic rings. The van der Waals surface area contributed by atoms with Crippen LogP contribution in [0, 0.1) is 0 Å². The van der Waals surface area contributed by atoms with Crippen LogP contribution in [-0.4, -0.2) is 16.9 Å². The third-order valence-corrected chi connectivity index (χ3v) is 2.98. The van der Waals surface area contributed by atoms with Crippen LogP contribution in [0.1, 0.15) is 42.5 Å². The van der Waals surface area contributed by atoms with Crippen LogP contribution in [0.2, 0.25) is 0 Å². The highest BCUT2D eigenvalue weighted by Crippen LogP contribution is 2.17. The van der Waals surface area contributed by atoms with Gasteiger partial charge in [0.1, 0.15) is 0 Å². The molecule has 0 atom stereocenters. The van der Waals surface area contributed by atoms with E-state index in [0.29, 0.717) is 5.56 Å². The van der Waals surface area contributed by atoms with Crippen molar-refractivity contribution in [3.05, 3.63) is 34.2 Å². The Morgan fingerprint density at radius 2 is 2.06 bits per heavy atom. The van der Waals surface area contributed by atoms with Crippen LogP contribution in [0.25, 0.3) is 0 Å². The van der Waals surface area contributed by atoms with E-state index in [1.54, 1.807) is 6.07 Å². The molecule has 4 nitrogen and oxygen atoms in total. The maximum Gasteiger partial charge on any atom is 0.251 e. The largest absolute Gasteiger partial charge is 0.349 e. The number of carbonyl (C=O) groups is 1. The van der Waals surface area contributed by atoms with Crippen molar-refractivity contribution in [1.82, 2.24) is 10.3 Å². The predicted molar refractivity (Wildman–Crippen MR) is 61.4 cm³/mol. The summed E-state index contributed by atoms with van der Waals surface area (Å²) in [5.41, 5.74) is 0.200. The molecular formula is C12H16N2O2. The van der Waals surface area contributed by atoms with Crippen molar-refractivity contribution < 1.29 is 4.79 Å². The molecule has 1 amide bonds. The quantitative estimate of drug-likeness (QED) is 0.792. The fraction of sp³-hybridized carbons (Fsp3) is 0.500. The van der Waals surface area contributed by atoms with Crippen molar-refractivity contribution in [3.63, 3.8) is 0 Å². The highest BCUT2D eigenvalue weighted by Gasteiger charge is 2.16. The summed E-state index contributed by atoms with van der Waals surface area (Å²) in [6.45, 7) is 0. The lowest BCUT2D eigenvalue weighted by Gasteiger charge is -2.22. The second kappa shape index (κ2) is 4.96. The maximum absolute atomic E-state index is 11.8. The Labute approximate surface area is 94.1 Å². The number of aromatic nitrogens is 1. The summed E-state index contributed by atoms with van der Waals surface area (Å²) in [6, 6.07) is 3.23. The van der Waals surface area contributed by atoms with Gasteiger partial charge in [-0.25, -0.2) is 0 Å². The monoisotopic (exact) mass is 220 g/mol. The molecule has 4 heteroatoms. The molecule has 1 heterocycles. The van der Waals surface area contributed by atoms with E-state index in [0.717, 1.165) is 12.8 Å². The van der Waals surface area contributed by atoms with Gasteiger partial charge in [-0.05, 0) is 18.9 Å². The number of H-pyrrole nitrogens is 1. The number of nitrogens with one attached hydrogen (secondary N) is 2. The standard InChI is InChI=1S/C12H16N2O2/c15-11-8-9(6-7-13-11)12(16)14-10-4-2-1-3-5-10/h6-8,10H,1-5H2,(H,13,15)(H,14,16). The average Bonchev–Trinajstić information content (AvgIpc) is 2.30. The van der Waals surface area contributed by atoms with E-state index in [2.05, 4.69) is 10.3 Å². The third kappa shape index (κ3) is 2.72. The van der Waals surface area contributed by atoms with Crippen molar-refractivity contribution in [2.45, 2.75) is 38.1 Å². The topological polar surface area (TPSA) is 62.0 Å². The van der Waals surface area contributed by atoms with Gasteiger partial charge in [0, 0.05) is 23.9 Å². The lowest BCUT2D eigenvalue weighted by atomic mass is 9.95. The van der Waals surface area contributed by atoms with Crippen molar-refractivity contribution in [2.24, 2.45) is 0 Å². The summed E-state index contributed by atoms with van der Waals surface area (Å²) in [4.78, 5) is 25.3. The van der Waals surface area contributed by atoms with Gasteiger partial charge in [-0.15, -0.1) is 0 Å². The smallest absolute Gasteiger partial charge is 0.251 e. The summed E-state index contributed by atoms with van der Waals surface area (Å²) in [5.74, 6) is -0.141. The first-order valence-electron chi connectivity index (χ1n) is 5.75. The van der Waals surface area contributed by atoms with Crippen molar-refractivity contribution >= 4 is 5.91 Å². The lowest BCUT2D eigenvalue weighted by molar-refractivity contribution is 0.0927. The van der Waals surface area contributed by atoms with Crippen molar-refractivity contribution in [3.8, 4) is 0 Å². The van der Waals surface area contributed by atoms with Crippen LogP contribution in [0.4, 0.5) is 0 Å². The predicted octanol–water partition coefficient (Wildman–Crippen LogP) is 1.44. The molecule has 86 valence electrons. The summed E-state index contributed by atoms with van der Waals surface area (Å²) >= 11 is 0. The number of rotatable bonds is 2. The van der Waals surface area contributed by atoms with Crippen LogP contribution in [0.5, 0.6) is 0 Å². The molecule has 0 unspecified atom stereocenters. The van der Waals surface area contributed by atoms with Gasteiger partial charge in [0.2, 0.25) is 5.56 Å². The Morgan fingerprint density at radius 3 is 2.75 bits per heavy atom. The first-order valence-corrected chi connectivity index (χ1v) is 5.75. The SMILES string of the molecule is O=C(NC1CCCCC1)c1cc[nH]c(=O)c1. The third-order valence-electron chi connectivity index (χ3n) is 2.98. The minimum absolute atomic E-state index is 0.141. The molecule has 1 aromatic heterocycles. The van der Waals surface area contributed by atoms with Gasteiger partial charge in [-0.2, -0.15) is 0 Å². The molecule has 1 fully saturated rings. The fourth-order valence-corrected chi connectivity index (χ4v) is 2.10. The molecule has 0 bridgehead atoms. The van der Waals surface area contributed by atoms with E-state index in [4.69, 9.17) is 0 Å². The number of amides is 1. The second-order valence-corrected chi connectivity index (χ2v) is 4.25. The first-order chi connectivity index (χ1) is 7.75. The van der Waals surface area contributed by atoms with E-state index in [-0.39, 0.29) is 17.5 Å². The zero-order valence-electron chi connectivity index (χ0n) is 9.16. The van der Waals surface area contributed by atoms with Gasteiger partial charge >= 0.3 is 0 Å². The summed E-state index contributed by atoms with van der Waals surface area (Å²) < 4.78 is 0. The Morgan fingerprint density at radius 1 is 1.31 bits per heavy atom. The first kappa shape index (κ1) is 10.9. The van der Waals surface area contributed by atoms with Crippen LogP contribution < -0.4 is 10.9 Å². The maximum atomic E-state index is 11.8. The molecule has 0 spiro atoms. The van der Waals surface area contributed by atoms with Gasteiger partial charge in [-0.1, -0.05) is 19.3 Å². The van der Waals surface area contributed by atoms with Gasteiger partial charge in [0.25, 0.3) is 5.91 Å². The minimum Gasteiger partial charge on any atom is -0.349 e. The normalized spacial score (nSPS) is 17.0. The molecule has 0 aliphatic heterocycles. The fourth-order valence-electron chi connectivity index (χ4n) is 2.10. The Kier molecular flexibility index (Phi) is 3.39. The molecule has 0 aromatic carbocycles. The van der Waals surface area contributed by atoms with Crippen LogP contribution in [0.15, 0.2) is 23.1 Å². The molecule has 1 aliphatic carbocycles. The summed E-state index contributed by atoms with van der Waals surface area (Å²) in [5, 5.41) is 2.97. The lowest BCUT2D eigenvalue weighted by Crippen LogP contribution is -2.36. The summed E-state index contributed by atoms with van der Waals surface area (Å²) in [7, 11) is 0. The molecule has 0 radical (unpaired) electrons. The number of carbonyl (C=O) groups excluding carboxylic acids is 1. The van der Waals surface area contributed by atoms with Gasteiger partial charge in [0.05, 0.1) is 0 Å². The van der Waals surface area contributed by atoms with E-state index in [1.807, 2.05) is 0 Å². The molecular weight excluding hydrogens is 204 g/mol. The Bertz CT molecular complexity index is 419. The molecule has 2 rings (SSSR count).